The van der Waals surface area contributed by atoms with Crippen LogP contribution in [-0.4, -0.2) is 50.2 Å². The zero-order chi connectivity index (χ0) is 17.4. The summed E-state index contributed by atoms with van der Waals surface area (Å²) in [6, 6.07) is 0.552. The second kappa shape index (κ2) is 6.48. The number of sulfonamides is 1. The highest BCUT2D eigenvalue weighted by Crippen LogP contribution is 2.24. The Morgan fingerprint density at radius 3 is 2.43 bits per heavy atom. The number of nitrogens with zero attached hydrogens (tertiary/aromatic N) is 2. The van der Waals surface area contributed by atoms with Crippen LogP contribution in [0.5, 0.6) is 0 Å². The van der Waals surface area contributed by atoms with E-state index in [9.17, 15) is 26.4 Å². The molecule has 0 radical (unpaired) electrons. The van der Waals surface area contributed by atoms with E-state index < -0.39 is 32.4 Å². The summed E-state index contributed by atoms with van der Waals surface area (Å²) in [5.74, 6) is -4.40. The lowest BCUT2D eigenvalue weighted by atomic mass is 10.1. The van der Waals surface area contributed by atoms with Crippen molar-refractivity contribution >= 4 is 15.9 Å². The molecule has 2 rings (SSSR count). The topological polar surface area (TPSA) is 57.7 Å². The van der Waals surface area contributed by atoms with Crippen LogP contribution in [0.4, 0.5) is 13.2 Å². The first-order chi connectivity index (χ1) is 10.6. The summed E-state index contributed by atoms with van der Waals surface area (Å²) >= 11 is 0. The Morgan fingerprint density at radius 2 is 1.87 bits per heavy atom. The minimum absolute atomic E-state index is 0.0601. The van der Waals surface area contributed by atoms with Crippen LogP contribution in [-0.2, 0) is 14.8 Å². The van der Waals surface area contributed by atoms with Gasteiger partial charge in [-0.15, -0.1) is 0 Å². The summed E-state index contributed by atoms with van der Waals surface area (Å²) in [5, 5.41) is 0. The van der Waals surface area contributed by atoms with E-state index in [1.54, 1.807) is 4.90 Å². The van der Waals surface area contributed by atoms with Crippen molar-refractivity contribution in [3.63, 3.8) is 0 Å². The largest absolute Gasteiger partial charge is 0.343 e. The molecule has 0 aromatic heterocycles. The van der Waals surface area contributed by atoms with E-state index in [2.05, 4.69) is 0 Å². The summed E-state index contributed by atoms with van der Waals surface area (Å²) in [6.07, 6.45) is 0.625. The van der Waals surface area contributed by atoms with Crippen molar-refractivity contribution in [2.75, 3.05) is 26.7 Å². The number of rotatable bonds is 4. The fourth-order valence-electron chi connectivity index (χ4n) is 2.60. The molecule has 0 N–H and O–H groups in total. The van der Waals surface area contributed by atoms with Crippen LogP contribution in [0.15, 0.2) is 17.0 Å². The lowest BCUT2D eigenvalue weighted by Crippen LogP contribution is -2.34. The summed E-state index contributed by atoms with van der Waals surface area (Å²) in [4.78, 5) is 12.0. The first kappa shape index (κ1) is 17.7. The number of hydrogen-bond acceptors (Lipinski definition) is 3. The van der Waals surface area contributed by atoms with E-state index in [1.165, 1.54) is 14.0 Å². The van der Waals surface area contributed by atoms with Gasteiger partial charge in [0.15, 0.2) is 11.6 Å². The van der Waals surface area contributed by atoms with Crippen molar-refractivity contribution in [2.24, 2.45) is 5.92 Å². The molecule has 1 heterocycles. The third kappa shape index (κ3) is 3.66. The van der Waals surface area contributed by atoms with Gasteiger partial charge >= 0.3 is 0 Å². The standard InChI is InChI=1S/C14H17F3N2O3S/c1-9(20)19-4-3-10(8-19)7-18(2)23(21,22)14-6-12(16)11(15)5-13(14)17/h5-6,10H,3-4,7-8H2,1-2H3/t10-/m1/s1. The summed E-state index contributed by atoms with van der Waals surface area (Å²) < 4.78 is 65.4. The van der Waals surface area contributed by atoms with E-state index in [0.717, 1.165) is 4.31 Å². The van der Waals surface area contributed by atoms with E-state index in [4.69, 9.17) is 0 Å². The Bertz CT molecular complexity index is 724. The summed E-state index contributed by atoms with van der Waals surface area (Å²) in [7, 11) is -3.04. The van der Waals surface area contributed by atoms with Gasteiger partial charge in [0, 0.05) is 39.7 Å². The maximum absolute atomic E-state index is 13.7. The molecule has 1 aliphatic heterocycles. The van der Waals surface area contributed by atoms with Crippen LogP contribution in [0.2, 0.25) is 0 Å². The maximum Gasteiger partial charge on any atom is 0.245 e. The van der Waals surface area contributed by atoms with Gasteiger partial charge in [0.2, 0.25) is 15.9 Å². The van der Waals surface area contributed by atoms with Crippen molar-refractivity contribution < 1.29 is 26.4 Å². The zero-order valence-corrected chi connectivity index (χ0v) is 13.5. The van der Waals surface area contributed by atoms with E-state index in [1.807, 2.05) is 0 Å². The Labute approximate surface area is 132 Å². The molecule has 1 aromatic rings. The highest BCUT2D eigenvalue weighted by molar-refractivity contribution is 7.89. The van der Waals surface area contributed by atoms with Crippen LogP contribution in [0.25, 0.3) is 0 Å². The van der Waals surface area contributed by atoms with Gasteiger partial charge in [0.25, 0.3) is 0 Å². The Balaban J connectivity index is 2.17. The van der Waals surface area contributed by atoms with Gasteiger partial charge in [-0.3, -0.25) is 4.79 Å². The third-order valence-corrected chi connectivity index (χ3v) is 5.75. The van der Waals surface area contributed by atoms with Crippen molar-refractivity contribution in [3.05, 3.63) is 29.6 Å². The number of hydrogen-bond donors (Lipinski definition) is 0. The molecule has 0 saturated carbocycles. The molecule has 1 saturated heterocycles. The van der Waals surface area contributed by atoms with E-state index >= 15 is 0 Å². The molecule has 1 fully saturated rings. The highest BCUT2D eigenvalue weighted by atomic mass is 32.2. The molecule has 5 nitrogen and oxygen atoms in total. The Kier molecular flexibility index (Phi) is 5.00. The molecule has 9 heteroatoms. The quantitative estimate of drug-likeness (QED) is 0.775. The molecule has 128 valence electrons. The second-order valence-corrected chi connectivity index (χ2v) is 7.62. The lowest BCUT2D eigenvalue weighted by molar-refractivity contribution is -0.127. The van der Waals surface area contributed by atoms with E-state index in [0.29, 0.717) is 25.6 Å². The molecular formula is C14H17F3N2O3S. The maximum atomic E-state index is 13.7. The predicted molar refractivity (Wildman–Crippen MR) is 76.5 cm³/mol. The first-order valence-corrected chi connectivity index (χ1v) is 8.43. The molecule has 1 atom stereocenters. The van der Waals surface area contributed by atoms with Gasteiger partial charge in [-0.1, -0.05) is 0 Å². The van der Waals surface area contributed by atoms with Crippen LogP contribution >= 0.6 is 0 Å². The molecule has 1 aromatic carbocycles. The molecule has 0 unspecified atom stereocenters. The monoisotopic (exact) mass is 350 g/mol. The second-order valence-electron chi connectivity index (χ2n) is 5.60. The average Bonchev–Trinajstić information content (AvgIpc) is 2.91. The first-order valence-electron chi connectivity index (χ1n) is 6.99. The molecule has 1 amide bonds. The normalized spacial score (nSPS) is 18.7. The van der Waals surface area contributed by atoms with Crippen LogP contribution in [0, 0.1) is 23.4 Å². The van der Waals surface area contributed by atoms with Crippen LogP contribution in [0.1, 0.15) is 13.3 Å². The van der Waals surface area contributed by atoms with Gasteiger partial charge in [-0.05, 0) is 18.4 Å². The van der Waals surface area contributed by atoms with Gasteiger partial charge in [0.1, 0.15) is 10.7 Å². The number of amides is 1. The Morgan fingerprint density at radius 1 is 1.26 bits per heavy atom. The molecule has 1 aliphatic rings. The van der Waals surface area contributed by atoms with Crippen molar-refractivity contribution in [1.82, 2.24) is 9.21 Å². The van der Waals surface area contributed by atoms with Gasteiger partial charge < -0.3 is 4.90 Å². The van der Waals surface area contributed by atoms with Crippen molar-refractivity contribution in [2.45, 2.75) is 18.2 Å². The Hall–Kier alpha value is -1.61. The molecule has 0 spiro atoms. The predicted octanol–water partition coefficient (Wildman–Crippen LogP) is 1.59. The highest BCUT2D eigenvalue weighted by Gasteiger charge is 2.31. The minimum atomic E-state index is -4.29. The molecule has 0 bridgehead atoms. The number of halogens is 3. The smallest absolute Gasteiger partial charge is 0.245 e. The fraction of sp³-hybridized carbons (Fsp3) is 0.500. The average molecular weight is 350 g/mol. The lowest BCUT2D eigenvalue weighted by Gasteiger charge is -2.21. The zero-order valence-electron chi connectivity index (χ0n) is 12.7. The van der Waals surface area contributed by atoms with E-state index in [-0.39, 0.29) is 24.4 Å². The molecule has 23 heavy (non-hydrogen) atoms. The SMILES string of the molecule is CC(=O)N1CC[C@H](CN(C)S(=O)(=O)c2cc(F)c(F)cc2F)C1. The fourth-order valence-corrected chi connectivity index (χ4v) is 3.90. The molecular weight excluding hydrogens is 333 g/mol. The van der Waals surface area contributed by atoms with Gasteiger partial charge in [-0.2, -0.15) is 0 Å². The minimum Gasteiger partial charge on any atom is -0.343 e. The van der Waals surface area contributed by atoms with Gasteiger partial charge in [0.05, 0.1) is 0 Å². The molecule has 0 aliphatic carbocycles. The number of carbonyl (C=O) groups excluding carboxylic acids is 1. The van der Waals surface area contributed by atoms with Crippen molar-refractivity contribution in [3.8, 4) is 0 Å². The van der Waals surface area contributed by atoms with Gasteiger partial charge in [-0.25, -0.2) is 25.9 Å². The number of likely N-dealkylation sites (tertiary alicyclic amines) is 1. The van der Waals surface area contributed by atoms with Crippen LogP contribution < -0.4 is 0 Å². The number of benzene rings is 1. The van der Waals surface area contributed by atoms with Crippen LogP contribution in [0.3, 0.4) is 0 Å². The number of carbonyl (C=O) groups is 1. The third-order valence-electron chi connectivity index (χ3n) is 3.91. The summed E-state index contributed by atoms with van der Waals surface area (Å²) in [6.45, 7) is 2.44. The van der Waals surface area contributed by atoms with Crippen molar-refractivity contribution in [1.29, 1.82) is 0 Å². The summed E-state index contributed by atoms with van der Waals surface area (Å²) in [5.41, 5.74) is 0.